The van der Waals surface area contributed by atoms with Gasteiger partial charge >= 0.3 is 0 Å². The Kier molecular flexibility index (Phi) is 6.87. The van der Waals surface area contributed by atoms with Crippen molar-refractivity contribution in [2.45, 2.75) is 39.5 Å². The minimum Gasteiger partial charge on any atom is -0.357 e. The number of aryl methyl sites for hydroxylation is 1. The SMILES string of the molecule is Cc1cc(N2CCC(C)CC2)nc2ccc(NC(=O)CCC(=O)Nc3ccc(F)cc3)cc12. The molecule has 172 valence electrons. The van der Waals surface area contributed by atoms with Gasteiger partial charge in [-0.05, 0) is 79.8 Å². The van der Waals surface area contributed by atoms with Crippen molar-refractivity contribution in [1.29, 1.82) is 0 Å². The molecule has 0 atom stereocenters. The molecule has 3 aromatic rings. The minimum absolute atomic E-state index is 0.0369. The molecule has 2 N–H and O–H groups in total. The molecule has 0 bridgehead atoms. The van der Waals surface area contributed by atoms with Gasteiger partial charge in [0.25, 0.3) is 0 Å². The van der Waals surface area contributed by atoms with Gasteiger partial charge in [-0.1, -0.05) is 6.92 Å². The van der Waals surface area contributed by atoms with Crippen LogP contribution >= 0.6 is 0 Å². The first-order valence-corrected chi connectivity index (χ1v) is 11.4. The molecule has 1 saturated heterocycles. The second-order valence-electron chi connectivity index (χ2n) is 8.80. The maximum absolute atomic E-state index is 13.0. The van der Waals surface area contributed by atoms with E-state index in [1.54, 1.807) is 0 Å². The highest BCUT2D eigenvalue weighted by molar-refractivity contribution is 5.98. The van der Waals surface area contributed by atoms with E-state index in [2.05, 4.69) is 35.4 Å². The summed E-state index contributed by atoms with van der Waals surface area (Å²) in [6.45, 7) is 6.42. The molecular formula is C26H29FN4O2. The number of aromatic nitrogens is 1. The number of benzene rings is 2. The standard InChI is InChI=1S/C26H29FN4O2/c1-17-11-13-31(14-12-17)24-15-18(2)22-16-21(7-8-23(22)30-24)29-26(33)10-9-25(32)28-20-5-3-19(27)4-6-20/h3-8,15-17H,9-14H2,1-2H3,(H,28,32)(H,29,33). The van der Waals surface area contributed by atoms with Crippen molar-refractivity contribution in [3.05, 3.63) is 59.9 Å². The van der Waals surface area contributed by atoms with E-state index in [9.17, 15) is 14.0 Å². The normalized spacial score (nSPS) is 14.3. The smallest absolute Gasteiger partial charge is 0.224 e. The van der Waals surface area contributed by atoms with Gasteiger partial charge in [0.15, 0.2) is 0 Å². The Balaban J connectivity index is 1.35. The molecule has 2 heterocycles. The van der Waals surface area contributed by atoms with E-state index in [-0.39, 0.29) is 30.5 Å². The van der Waals surface area contributed by atoms with Gasteiger partial charge in [0, 0.05) is 42.7 Å². The van der Waals surface area contributed by atoms with E-state index >= 15 is 0 Å². The van der Waals surface area contributed by atoms with Crippen LogP contribution in [0.5, 0.6) is 0 Å². The van der Waals surface area contributed by atoms with Gasteiger partial charge in [0.2, 0.25) is 11.8 Å². The maximum atomic E-state index is 13.0. The van der Waals surface area contributed by atoms with E-state index in [0.29, 0.717) is 11.4 Å². The summed E-state index contributed by atoms with van der Waals surface area (Å²) in [4.78, 5) is 31.6. The molecule has 7 heteroatoms. The molecule has 1 aliphatic rings. The number of nitrogens with zero attached hydrogens (tertiary/aromatic N) is 2. The van der Waals surface area contributed by atoms with Crippen LogP contribution in [0.4, 0.5) is 21.6 Å². The highest BCUT2D eigenvalue weighted by Crippen LogP contribution is 2.28. The van der Waals surface area contributed by atoms with Gasteiger partial charge in [-0.2, -0.15) is 0 Å². The third-order valence-electron chi connectivity index (χ3n) is 6.10. The number of rotatable bonds is 6. The van der Waals surface area contributed by atoms with E-state index in [1.165, 1.54) is 37.1 Å². The first-order chi connectivity index (χ1) is 15.9. The number of piperidine rings is 1. The Morgan fingerprint density at radius 1 is 0.970 bits per heavy atom. The number of anilines is 3. The van der Waals surface area contributed by atoms with Gasteiger partial charge in [0.05, 0.1) is 5.52 Å². The number of halogens is 1. The summed E-state index contributed by atoms with van der Waals surface area (Å²) < 4.78 is 13.0. The highest BCUT2D eigenvalue weighted by Gasteiger charge is 2.18. The fourth-order valence-electron chi connectivity index (χ4n) is 4.06. The Hall–Kier alpha value is -3.48. The highest BCUT2D eigenvalue weighted by atomic mass is 19.1. The molecule has 0 aliphatic carbocycles. The number of amides is 2. The molecule has 33 heavy (non-hydrogen) atoms. The van der Waals surface area contributed by atoms with E-state index in [4.69, 9.17) is 4.98 Å². The van der Waals surface area contributed by atoms with Crippen LogP contribution in [0.1, 0.15) is 38.2 Å². The first-order valence-electron chi connectivity index (χ1n) is 11.4. The molecule has 2 amide bonds. The fraction of sp³-hybridized carbons (Fsp3) is 0.346. The summed E-state index contributed by atoms with van der Waals surface area (Å²) >= 11 is 0. The lowest BCUT2D eigenvalue weighted by Gasteiger charge is -2.31. The molecule has 0 spiro atoms. The zero-order valence-corrected chi connectivity index (χ0v) is 19.0. The monoisotopic (exact) mass is 448 g/mol. The maximum Gasteiger partial charge on any atom is 0.224 e. The zero-order chi connectivity index (χ0) is 23.4. The van der Waals surface area contributed by atoms with Crippen molar-refractivity contribution in [2.24, 2.45) is 5.92 Å². The number of nitrogens with one attached hydrogen (secondary N) is 2. The molecule has 1 fully saturated rings. The summed E-state index contributed by atoms with van der Waals surface area (Å²) in [6, 6.07) is 13.3. The second-order valence-corrected chi connectivity index (χ2v) is 8.80. The summed E-state index contributed by atoms with van der Waals surface area (Å²) in [5, 5.41) is 6.52. The Morgan fingerprint density at radius 3 is 2.24 bits per heavy atom. The van der Waals surface area contributed by atoms with Gasteiger partial charge in [-0.25, -0.2) is 9.37 Å². The lowest BCUT2D eigenvalue weighted by atomic mass is 9.99. The molecule has 1 aliphatic heterocycles. The molecule has 4 rings (SSSR count). The molecule has 2 aromatic carbocycles. The fourth-order valence-corrected chi connectivity index (χ4v) is 4.06. The number of fused-ring (bicyclic) bond motifs is 1. The van der Waals surface area contributed by atoms with Crippen LogP contribution < -0.4 is 15.5 Å². The molecule has 6 nitrogen and oxygen atoms in total. The molecule has 0 saturated carbocycles. The summed E-state index contributed by atoms with van der Waals surface area (Å²) in [6.07, 6.45) is 2.46. The number of carbonyl (C=O) groups excluding carboxylic acids is 2. The van der Waals surface area contributed by atoms with Crippen molar-refractivity contribution < 1.29 is 14.0 Å². The number of hydrogen-bond donors (Lipinski definition) is 2. The van der Waals surface area contributed by atoms with Crippen molar-refractivity contribution in [3.8, 4) is 0 Å². The van der Waals surface area contributed by atoms with Crippen LogP contribution in [-0.4, -0.2) is 29.9 Å². The summed E-state index contributed by atoms with van der Waals surface area (Å²) in [7, 11) is 0. The summed E-state index contributed by atoms with van der Waals surface area (Å²) in [5.74, 6) is 0.868. The van der Waals surface area contributed by atoms with Crippen molar-refractivity contribution >= 4 is 39.9 Å². The third kappa shape index (κ3) is 5.86. The number of hydrogen-bond acceptors (Lipinski definition) is 4. The van der Waals surface area contributed by atoms with Gasteiger partial charge < -0.3 is 15.5 Å². The third-order valence-corrected chi connectivity index (χ3v) is 6.10. The minimum atomic E-state index is -0.370. The van der Waals surface area contributed by atoms with Crippen LogP contribution in [0.25, 0.3) is 10.9 Å². The van der Waals surface area contributed by atoms with Crippen molar-refractivity contribution in [3.63, 3.8) is 0 Å². The Morgan fingerprint density at radius 2 is 1.58 bits per heavy atom. The average molecular weight is 449 g/mol. The van der Waals surface area contributed by atoms with Crippen LogP contribution in [-0.2, 0) is 9.59 Å². The Labute approximate surface area is 193 Å². The van der Waals surface area contributed by atoms with Gasteiger partial charge in [-0.15, -0.1) is 0 Å². The predicted octanol–water partition coefficient (Wildman–Crippen LogP) is 5.28. The van der Waals surface area contributed by atoms with Crippen molar-refractivity contribution in [1.82, 2.24) is 4.98 Å². The molecule has 0 radical (unpaired) electrons. The molecule has 0 unspecified atom stereocenters. The first kappa shape index (κ1) is 22.7. The lowest BCUT2D eigenvalue weighted by Crippen LogP contribution is -2.33. The average Bonchev–Trinajstić information content (AvgIpc) is 2.80. The predicted molar refractivity (Wildman–Crippen MR) is 130 cm³/mol. The largest absolute Gasteiger partial charge is 0.357 e. The number of carbonyl (C=O) groups is 2. The van der Waals surface area contributed by atoms with Crippen LogP contribution in [0, 0.1) is 18.7 Å². The van der Waals surface area contributed by atoms with Crippen molar-refractivity contribution in [2.75, 3.05) is 28.6 Å². The Bertz CT molecular complexity index is 1150. The topological polar surface area (TPSA) is 74.3 Å². The quantitative estimate of drug-likeness (QED) is 0.538. The lowest BCUT2D eigenvalue weighted by molar-refractivity contribution is -0.121. The molecule has 1 aromatic heterocycles. The second kappa shape index (κ2) is 9.98. The van der Waals surface area contributed by atoms with Crippen LogP contribution in [0.2, 0.25) is 0 Å². The van der Waals surface area contributed by atoms with E-state index < -0.39 is 0 Å². The van der Waals surface area contributed by atoms with E-state index in [1.807, 2.05) is 18.2 Å². The number of pyridine rings is 1. The zero-order valence-electron chi connectivity index (χ0n) is 19.0. The van der Waals surface area contributed by atoms with Gasteiger partial charge in [0.1, 0.15) is 11.6 Å². The van der Waals surface area contributed by atoms with Crippen LogP contribution in [0.3, 0.4) is 0 Å². The van der Waals surface area contributed by atoms with Crippen LogP contribution in [0.15, 0.2) is 48.5 Å². The molecular weight excluding hydrogens is 419 g/mol. The van der Waals surface area contributed by atoms with Gasteiger partial charge in [-0.3, -0.25) is 9.59 Å². The van der Waals surface area contributed by atoms with E-state index in [0.717, 1.165) is 41.3 Å². The summed E-state index contributed by atoms with van der Waals surface area (Å²) in [5.41, 5.74) is 3.19.